The number of anilines is 1. The summed E-state index contributed by atoms with van der Waals surface area (Å²) in [6.45, 7) is 2.13. The van der Waals surface area contributed by atoms with E-state index in [0.717, 1.165) is 11.3 Å². The van der Waals surface area contributed by atoms with Crippen LogP contribution in [0.5, 0.6) is 0 Å². The van der Waals surface area contributed by atoms with Gasteiger partial charge >= 0.3 is 0 Å². The van der Waals surface area contributed by atoms with E-state index in [1.807, 2.05) is 13.1 Å². The van der Waals surface area contributed by atoms with Crippen molar-refractivity contribution in [2.75, 3.05) is 12.4 Å². The van der Waals surface area contributed by atoms with Gasteiger partial charge < -0.3 is 10.6 Å². The number of benzene rings is 1. The molecule has 0 bridgehead atoms. The van der Waals surface area contributed by atoms with Gasteiger partial charge in [0.2, 0.25) is 5.91 Å². The van der Waals surface area contributed by atoms with Crippen LogP contribution >= 0.6 is 11.3 Å². The van der Waals surface area contributed by atoms with Gasteiger partial charge in [-0.1, -0.05) is 12.1 Å². The highest BCUT2D eigenvalue weighted by atomic mass is 32.1. The molecule has 4 heteroatoms. The van der Waals surface area contributed by atoms with Crippen LogP contribution in [0.25, 0.3) is 0 Å². The molecule has 1 atom stereocenters. The molecule has 2 heterocycles. The maximum absolute atomic E-state index is 11.4. The third kappa shape index (κ3) is 2.17. The molecule has 0 fully saturated rings. The quantitative estimate of drug-likeness (QED) is 0.902. The van der Waals surface area contributed by atoms with Crippen LogP contribution in [0.2, 0.25) is 0 Å². The van der Waals surface area contributed by atoms with Crippen LogP contribution < -0.4 is 10.6 Å². The van der Waals surface area contributed by atoms with Gasteiger partial charge in [0.05, 0.1) is 12.5 Å². The molecule has 1 aliphatic rings. The summed E-state index contributed by atoms with van der Waals surface area (Å²) in [7, 11) is 1.97. The predicted octanol–water partition coefficient (Wildman–Crippen LogP) is 2.86. The highest BCUT2D eigenvalue weighted by Gasteiger charge is 2.21. The van der Waals surface area contributed by atoms with Crippen molar-refractivity contribution in [1.82, 2.24) is 5.32 Å². The van der Waals surface area contributed by atoms with E-state index in [0.29, 0.717) is 6.42 Å². The second-order valence-electron chi connectivity index (χ2n) is 4.87. The standard InChI is InChI=1S/C15H16N2OS/c1-9-7-19-8-12(9)15(16-2)10-3-4-13-11(5-10)6-14(18)17-13/h3-5,7-8,15-16H,6H2,1-2H3,(H,17,18). The lowest BCUT2D eigenvalue weighted by Gasteiger charge is -2.17. The van der Waals surface area contributed by atoms with E-state index < -0.39 is 0 Å². The summed E-state index contributed by atoms with van der Waals surface area (Å²) in [5.74, 6) is 0.0832. The van der Waals surface area contributed by atoms with Gasteiger partial charge in [0.25, 0.3) is 0 Å². The molecule has 2 aromatic rings. The Morgan fingerprint density at radius 3 is 2.89 bits per heavy atom. The number of amides is 1. The predicted molar refractivity (Wildman–Crippen MR) is 78.7 cm³/mol. The summed E-state index contributed by atoms with van der Waals surface area (Å²) in [5.41, 5.74) is 5.87. The molecule has 1 amide bonds. The van der Waals surface area contributed by atoms with E-state index in [-0.39, 0.29) is 11.9 Å². The molecule has 1 aromatic heterocycles. The first-order valence-corrected chi connectivity index (χ1v) is 7.26. The molecule has 0 radical (unpaired) electrons. The molecule has 1 aliphatic heterocycles. The second kappa shape index (κ2) is 4.79. The fraction of sp³-hybridized carbons (Fsp3) is 0.267. The number of nitrogens with one attached hydrogen (secondary N) is 2. The molecule has 3 nitrogen and oxygen atoms in total. The molecule has 2 N–H and O–H groups in total. The third-order valence-corrected chi connectivity index (χ3v) is 4.46. The van der Waals surface area contributed by atoms with Crippen molar-refractivity contribution in [3.63, 3.8) is 0 Å². The summed E-state index contributed by atoms with van der Waals surface area (Å²) in [5, 5.41) is 10.6. The Morgan fingerprint density at radius 2 is 2.21 bits per heavy atom. The second-order valence-corrected chi connectivity index (χ2v) is 5.62. The van der Waals surface area contributed by atoms with Crippen LogP contribution in [0.3, 0.4) is 0 Å². The number of fused-ring (bicyclic) bond motifs is 1. The van der Waals surface area contributed by atoms with E-state index in [1.165, 1.54) is 16.7 Å². The van der Waals surface area contributed by atoms with Crippen LogP contribution in [0.4, 0.5) is 5.69 Å². The minimum atomic E-state index is 0.0832. The van der Waals surface area contributed by atoms with E-state index in [4.69, 9.17) is 0 Å². The van der Waals surface area contributed by atoms with Crippen molar-refractivity contribution in [3.05, 3.63) is 51.2 Å². The Balaban J connectivity index is 2.00. The van der Waals surface area contributed by atoms with Crippen molar-refractivity contribution < 1.29 is 4.79 Å². The lowest BCUT2D eigenvalue weighted by atomic mass is 9.96. The summed E-state index contributed by atoms with van der Waals surface area (Å²) >= 11 is 1.72. The summed E-state index contributed by atoms with van der Waals surface area (Å²) < 4.78 is 0. The average molecular weight is 272 g/mol. The SMILES string of the molecule is CNC(c1ccc2c(c1)CC(=O)N2)c1cscc1C. The van der Waals surface area contributed by atoms with Crippen molar-refractivity contribution in [1.29, 1.82) is 0 Å². The number of thiophene rings is 1. The fourth-order valence-corrected chi connectivity index (χ4v) is 3.47. The third-order valence-electron chi connectivity index (χ3n) is 3.58. The molecule has 0 saturated carbocycles. The lowest BCUT2D eigenvalue weighted by molar-refractivity contribution is -0.115. The normalized spacial score (nSPS) is 15.2. The van der Waals surface area contributed by atoms with Gasteiger partial charge in [0.1, 0.15) is 0 Å². The van der Waals surface area contributed by atoms with E-state index in [9.17, 15) is 4.79 Å². The first-order valence-electron chi connectivity index (χ1n) is 6.31. The zero-order chi connectivity index (χ0) is 13.4. The van der Waals surface area contributed by atoms with Gasteiger partial charge in [0, 0.05) is 5.69 Å². The summed E-state index contributed by atoms with van der Waals surface area (Å²) in [4.78, 5) is 11.4. The smallest absolute Gasteiger partial charge is 0.228 e. The van der Waals surface area contributed by atoms with Crippen LogP contribution in [-0.2, 0) is 11.2 Å². The molecule has 0 aliphatic carbocycles. The molecule has 1 unspecified atom stereocenters. The minimum absolute atomic E-state index is 0.0832. The van der Waals surface area contributed by atoms with Gasteiger partial charge in [-0.3, -0.25) is 4.79 Å². The van der Waals surface area contributed by atoms with Gasteiger partial charge in [-0.15, -0.1) is 0 Å². The number of carbonyl (C=O) groups excluding carboxylic acids is 1. The monoisotopic (exact) mass is 272 g/mol. The molecule has 19 heavy (non-hydrogen) atoms. The summed E-state index contributed by atoms with van der Waals surface area (Å²) in [6, 6.07) is 6.41. The Labute approximate surface area is 116 Å². The van der Waals surface area contributed by atoms with E-state index in [2.05, 4.69) is 40.5 Å². The van der Waals surface area contributed by atoms with Gasteiger partial charge in [0.15, 0.2) is 0 Å². The van der Waals surface area contributed by atoms with Gasteiger partial charge in [-0.25, -0.2) is 0 Å². The number of hydrogen-bond acceptors (Lipinski definition) is 3. The minimum Gasteiger partial charge on any atom is -0.326 e. The Kier molecular flexibility index (Phi) is 3.12. The highest BCUT2D eigenvalue weighted by molar-refractivity contribution is 7.08. The first kappa shape index (κ1) is 12.4. The highest BCUT2D eigenvalue weighted by Crippen LogP contribution is 2.31. The van der Waals surface area contributed by atoms with Crippen LogP contribution in [0.15, 0.2) is 29.0 Å². The zero-order valence-electron chi connectivity index (χ0n) is 11.0. The molecule has 3 rings (SSSR count). The van der Waals surface area contributed by atoms with E-state index >= 15 is 0 Å². The van der Waals surface area contributed by atoms with Crippen molar-refractivity contribution in [2.24, 2.45) is 0 Å². The topological polar surface area (TPSA) is 41.1 Å². The van der Waals surface area contributed by atoms with Gasteiger partial charge in [-0.2, -0.15) is 11.3 Å². The van der Waals surface area contributed by atoms with Crippen LogP contribution in [0.1, 0.15) is 28.3 Å². The number of rotatable bonds is 3. The van der Waals surface area contributed by atoms with Crippen molar-refractivity contribution in [3.8, 4) is 0 Å². The maximum Gasteiger partial charge on any atom is 0.228 e. The van der Waals surface area contributed by atoms with Crippen molar-refractivity contribution in [2.45, 2.75) is 19.4 Å². The molecule has 1 aromatic carbocycles. The van der Waals surface area contributed by atoms with E-state index in [1.54, 1.807) is 11.3 Å². The largest absolute Gasteiger partial charge is 0.326 e. The summed E-state index contributed by atoms with van der Waals surface area (Å²) in [6.07, 6.45) is 0.488. The Bertz CT molecular complexity index is 633. The van der Waals surface area contributed by atoms with Crippen molar-refractivity contribution >= 4 is 22.9 Å². The molecular weight excluding hydrogens is 256 g/mol. The fourth-order valence-electron chi connectivity index (χ4n) is 2.60. The Morgan fingerprint density at radius 1 is 1.37 bits per heavy atom. The molecular formula is C15H16N2OS. The average Bonchev–Trinajstić information content (AvgIpc) is 2.95. The first-order chi connectivity index (χ1) is 9.19. The Hall–Kier alpha value is -1.65. The maximum atomic E-state index is 11.4. The number of carbonyl (C=O) groups is 1. The zero-order valence-corrected chi connectivity index (χ0v) is 11.8. The van der Waals surface area contributed by atoms with Gasteiger partial charge in [-0.05, 0) is 53.1 Å². The number of aryl methyl sites for hydroxylation is 1. The number of hydrogen-bond donors (Lipinski definition) is 2. The molecule has 0 spiro atoms. The molecule has 98 valence electrons. The lowest BCUT2D eigenvalue weighted by Crippen LogP contribution is -2.18. The van der Waals surface area contributed by atoms with Crippen LogP contribution in [0, 0.1) is 6.92 Å². The van der Waals surface area contributed by atoms with Crippen LogP contribution in [-0.4, -0.2) is 13.0 Å². The molecule has 0 saturated heterocycles.